The molecule has 0 amide bonds. The van der Waals surface area contributed by atoms with E-state index in [1.807, 2.05) is 0 Å². The van der Waals surface area contributed by atoms with Gasteiger partial charge in [0.25, 0.3) is 0 Å². The minimum Gasteiger partial charge on any atom is -0.462 e. The number of rotatable bonds is 8. The average Bonchev–Trinajstić information content (AvgIpc) is 2.38. The van der Waals surface area contributed by atoms with Crippen molar-refractivity contribution in [1.82, 2.24) is 0 Å². The van der Waals surface area contributed by atoms with Crippen LogP contribution in [0.25, 0.3) is 0 Å². The van der Waals surface area contributed by atoms with Gasteiger partial charge in [-0.1, -0.05) is 50.6 Å². The number of esters is 1. The van der Waals surface area contributed by atoms with Crippen molar-refractivity contribution in [2.45, 2.75) is 45.4 Å². The van der Waals surface area contributed by atoms with Crippen LogP contribution < -0.4 is 0 Å². The number of benzene rings is 1. The Hall–Kier alpha value is -1.02. The summed E-state index contributed by atoms with van der Waals surface area (Å²) >= 11 is 5.75. The molecule has 0 saturated heterocycles. The van der Waals surface area contributed by atoms with Gasteiger partial charge in [-0.05, 0) is 30.7 Å². The summed E-state index contributed by atoms with van der Waals surface area (Å²) in [6, 6.07) is 6.77. The maximum Gasteiger partial charge on any atom is 0.338 e. The summed E-state index contributed by atoms with van der Waals surface area (Å²) in [6.45, 7) is 2.71. The second-order valence-electron chi connectivity index (χ2n) is 4.41. The number of ether oxygens (including phenoxy) is 1. The molecule has 0 aliphatic rings. The Morgan fingerprint density at radius 1 is 1.06 bits per heavy atom. The van der Waals surface area contributed by atoms with E-state index in [1.54, 1.807) is 24.3 Å². The highest BCUT2D eigenvalue weighted by molar-refractivity contribution is 6.30. The van der Waals surface area contributed by atoms with Crippen LogP contribution in [0.4, 0.5) is 0 Å². The normalized spacial score (nSPS) is 10.3. The first-order valence-corrected chi connectivity index (χ1v) is 7.04. The molecule has 0 saturated carbocycles. The lowest BCUT2D eigenvalue weighted by atomic mass is 10.1. The molecule has 0 radical (unpaired) electrons. The summed E-state index contributed by atoms with van der Waals surface area (Å²) in [5.74, 6) is -0.264. The van der Waals surface area contributed by atoms with E-state index in [4.69, 9.17) is 16.3 Å². The molecular formula is C15H21ClO2. The molecule has 0 aliphatic carbocycles. The van der Waals surface area contributed by atoms with Gasteiger partial charge in [0.05, 0.1) is 12.2 Å². The van der Waals surface area contributed by atoms with Crippen LogP contribution in [0.2, 0.25) is 5.02 Å². The third-order valence-corrected chi connectivity index (χ3v) is 3.06. The largest absolute Gasteiger partial charge is 0.462 e. The van der Waals surface area contributed by atoms with Crippen LogP contribution in [-0.4, -0.2) is 12.6 Å². The highest BCUT2D eigenvalue weighted by atomic mass is 35.5. The zero-order chi connectivity index (χ0) is 13.2. The van der Waals surface area contributed by atoms with Gasteiger partial charge in [-0.25, -0.2) is 4.79 Å². The number of carbonyl (C=O) groups excluding carboxylic acids is 1. The number of hydrogen-bond donors (Lipinski definition) is 0. The van der Waals surface area contributed by atoms with Crippen molar-refractivity contribution in [2.75, 3.05) is 6.61 Å². The maximum absolute atomic E-state index is 11.6. The van der Waals surface area contributed by atoms with E-state index in [9.17, 15) is 4.79 Å². The molecule has 18 heavy (non-hydrogen) atoms. The van der Waals surface area contributed by atoms with Crippen molar-refractivity contribution in [3.63, 3.8) is 0 Å². The van der Waals surface area contributed by atoms with E-state index >= 15 is 0 Å². The number of carbonyl (C=O) groups is 1. The lowest BCUT2D eigenvalue weighted by Crippen LogP contribution is -2.06. The van der Waals surface area contributed by atoms with Crippen molar-refractivity contribution in [1.29, 1.82) is 0 Å². The molecule has 0 fully saturated rings. The average molecular weight is 269 g/mol. The zero-order valence-electron chi connectivity index (χ0n) is 11.0. The molecule has 0 N–H and O–H groups in total. The van der Waals surface area contributed by atoms with Crippen molar-refractivity contribution in [3.05, 3.63) is 34.9 Å². The maximum atomic E-state index is 11.6. The summed E-state index contributed by atoms with van der Waals surface area (Å²) < 4.78 is 5.19. The summed E-state index contributed by atoms with van der Waals surface area (Å²) in [7, 11) is 0. The van der Waals surface area contributed by atoms with Crippen molar-refractivity contribution in [2.24, 2.45) is 0 Å². The molecule has 100 valence electrons. The van der Waals surface area contributed by atoms with Gasteiger partial charge in [0.15, 0.2) is 0 Å². The molecular weight excluding hydrogens is 248 g/mol. The Kier molecular flexibility index (Phi) is 7.51. The van der Waals surface area contributed by atoms with Crippen LogP contribution in [0, 0.1) is 0 Å². The molecule has 0 atom stereocenters. The second kappa shape index (κ2) is 8.98. The Labute approximate surface area is 114 Å². The lowest BCUT2D eigenvalue weighted by Gasteiger charge is -2.04. The van der Waals surface area contributed by atoms with Gasteiger partial charge in [0, 0.05) is 5.02 Å². The Morgan fingerprint density at radius 3 is 2.33 bits per heavy atom. The summed E-state index contributed by atoms with van der Waals surface area (Å²) in [6.07, 6.45) is 7.14. The SMILES string of the molecule is CCCCCCCCOC(=O)c1ccc(Cl)cc1. The monoisotopic (exact) mass is 268 g/mol. The van der Waals surface area contributed by atoms with Gasteiger partial charge >= 0.3 is 5.97 Å². The van der Waals surface area contributed by atoms with E-state index in [1.165, 1.54) is 25.7 Å². The highest BCUT2D eigenvalue weighted by Gasteiger charge is 2.05. The van der Waals surface area contributed by atoms with E-state index < -0.39 is 0 Å². The van der Waals surface area contributed by atoms with E-state index in [0.29, 0.717) is 17.2 Å². The van der Waals surface area contributed by atoms with E-state index in [2.05, 4.69) is 6.92 Å². The molecule has 1 aromatic rings. The van der Waals surface area contributed by atoms with Crippen LogP contribution in [0.5, 0.6) is 0 Å². The first-order valence-electron chi connectivity index (χ1n) is 6.66. The summed E-state index contributed by atoms with van der Waals surface area (Å²) in [4.78, 5) is 11.6. The first-order chi connectivity index (χ1) is 8.74. The molecule has 0 aromatic heterocycles. The molecule has 0 unspecified atom stereocenters. The predicted molar refractivity (Wildman–Crippen MR) is 75.1 cm³/mol. The van der Waals surface area contributed by atoms with E-state index in [-0.39, 0.29) is 5.97 Å². The fourth-order valence-corrected chi connectivity index (χ4v) is 1.84. The predicted octanol–water partition coefficient (Wildman–Crippen LogP) is 4.86. The molecule has 0 spiro atoms. The molecule has 3 heteroatoms. The minimum atomic E-state index is -0.264. The van der Waals surface area contributed by atoms with Gasteiger partial charge in [-0.2, -0.15) is 0 Å². The topological polar surface area (TPSA) is 26.3 Å². The van der Waals surface area contributed by atoms with Gasteiger partial charge in [0.1, 0.15) is 0 Å². The fraction of sp³-hybridized carbons (Fsp3) is 0.533. The van der Waals surface area contributed by atoms with Gasteiger partial charge in [0.2, 0.25) is 0 Å². The van der Waals surface area contributed by atoms with Gasteiger partial charge in [-0.15, -0.1) is 0 Å². The number of halogens is 1. The minimum absolute atomic E-state index is 0.264. The van der Waals surface area contributed by atoms with Crippen LogP contribution in [0.1, 0.15) is 55.8 Å². The van der Waals surface area contributed by atoms with E-state index in [0.717, 1.165) is 12.8 Å². The van der Waals surface area contributed by atoms with Gasteiger partial charge < -0.3 is 4.74 Å². The fourth-order valence-electron chi connectivity index (χ4n) is 1.72. The van der Waals surface area contributed by atoms with Crippen LogP contribution >= 0.6 is 11.6 Å². The highest BCUT2D eigenvalue weighted by Crippen LogP contribution is 2.11. The number of unbranched alkanes of at least 4 members (excludes halogenated alkanes) is 5. The van der Waals surface area contributed by atoms with Crippen LogP contribution in [-0.2, 0) is 4.74 Å². The summed E-state index contributed by atoms with van der Waals surface area (Å²) in [5, 5.41) is 0.627. The first kappa shape index (κ1) is 15.0. The van der Waals surface area contributed by atoms with Gasteiger partial charge in [-0.3, -0.25) is 0 Å². The van der Waals surface area contributed by atoms with Crippen LogP contribution in [0.15, 0.2) is 24.3 Å². The molecule has 0 heterocycles. The number of hydrogen-bond acceptors (Lipinski definition) is 2. The smallest absolute Gasteiger partial charge is 0.338 e. The molecule has 0 aliphatic heterocycles. The third-order valence-electron chi connectivity index (χ3n) is 2.81. The Balaban J connectivity index is 2.12. The Bertz CT molecular complexity index is 346. The molecule has 1 aromatic carbocycles. The Morgan fingerprint density at radius 2 is 1.67 bits per heavy atom. The third kappa shape index (κ3) is 6.06. The standard InChI is InChI=1S/C15H21ClO2/c1-2-3-4-5-6-7-12-18-15(17)13-8-10-14(16)11-9-13/h8-11H,2-7,12H2,1H3. The molecule has 1 rings (SSSR count). The zero-order valence-corrected chi connectivity index (χ0v) is 11.7. The quantitative estimate of drug-likeness (QED) is 0.497. The van der Waals surface area contributed by atoms with Crippen molar-refractivity contribution in [3.8, 4) is 0 Å². The molecule has 0 bridgehead atoms. The lowest BCUT2D eigenvalue weighted by molar-refractivity contribution is 0.0497. The second-order valence-corrected chi connectivity index (χ2v) is 4.85. The molecule has 2 nitrogen and oxygen atoms in total. The van der Waals surface area contributed by atoms with Crippen LogP contribution in [0.3, 0.4) is 0 Å². The van der Waals surface area contributed by atoms with Crippen molar-refractivity contribution < 1.29 is 9.53 Å². The van der Waals surface area contributed by atoms with Crippen molar-refractivity contribution >= 4 is 17.6 Å². The summed E-state index contributed by atoms with van der Waals surface area (Å²) in [5.41, 5.74) is 0.561.